The number of aryl methyl sites for hydroxylation is 1. The number of hydrogen-bond donors (Lipinski definition) is 1. The van der Waals surface area contributed by atoms with E-state index in [4.69, 9.17) is 16.3 Å². The molecule has 138 valence electrons. The summed E-state index contributed by atoms with van der Waals surface area (Å²) in [6, 6.07) is 22.9. The molecule has 1 N–H and O–H groups in total. The summed E-state index contributed by atoms with van der Waals surface area (Å²) in [7, 11) is 0. The molecule has 0 aromatic heterocycles. The summed E-state index contributed by atoms with van der Waals surface area (Å²) in [5.41, 5.74) is 3.70. The van der Waals surface area contributed by atoms with Gasteiger partial charge in [-0.2, -0.15) is 0 Å². The van der Waals surface area contributed by atoms with Crippen LogP contribution in [-0.4, -0.2) is 12.5 Å². The Hall–Kier alpha value is -2.78. The van der Waals surface area contributed by atoms with Gasteiger partial charge in [0, 0.05) is 5.56 Å². The average Bonchev–Trinajstić information content (AvgIpc) is 2.68. The average molecular weight is 380 g/mol. The van der Waals surface area contributed by atoms with Gasteiger partial charge in [0.2, 0.25) is 0 Å². The number of ether oxygens (including phenoxy) is 1. The van der Waals surface area contributed by atoms with Crippen molar-refractivity contribution in [2.75, 3.05) is 6.61 Å². The fraction of sp³-hybridized carbons (Fsp3) is 0.174. The molecule has 1 atom stereocenters. The maximum Gasteiger partial charge on any atom is 0.252 e. The molecule has 0 fully saturated rings. The summed E-state index contributed by atoms with van der Waals surface area (Å²) in [6.45, 7) is 4.46. The molecule has 4 heteroatoms. The van der Waals surface area contributed by atoms with E-state index in [0.29, 0.717) is 22.9 Å². The van der Waals surface area contributed by atoms with E-state index in [9.17, 15) is 4.79 Å². The second-order valence-corrected chi connectivity index (χ2v) is 6.72. The van der Waals surface area contributed by atoms with Gasteiger partial charge in [0.1, 0.15) is 5.75 Å². The third-order valence-corrected chi connectivity index (χ3v) is 4.57. The predicted molar refractivity (Wildman–Crippen MR) is 110 cm³/mol. The third-order valence-electron chi connectivity index (χ3n) is 4.28. The van der Waals surface area contributed by atoms with E-state index >= 15 is 0 Å². The van der Waals surface area contributed by atoms with Crippen LogP contribution in [0.5, 0.6) is 5.75 Å². The molecule has 0 unspecified atom stereocenters. The molecule has 1 amide bonds. The van der Waals surface area contributed by atoms with Crippen molar-refractivity contribution < 1.29 is 9.53 Å². The largest absolute Gasteiger partial charge is 0.492 e. The van der Waals surface area contributed by atoms with Crippen molar-refractivity contribution in [3.05, 3.63) is 100 Å². The molecule has 0 saturated heterocycles. The van der Waals surface area contributed by atoms with E-state index in [1.165, 1.54) is 0 Å². The van der Waals surface area contributed by atoms with Crippen molar-refractivity contribution in [3.63, 3.8) is 0 Å². The zero-order valence-electron chi connectivity index (χ0n) is 15.4. The molecule has 0 saturated carbocycles. The second-order valence-electron chi connectivity index (χ2n) is 6.31. The smallest absolute Gasteiger partial charge is 0.252 e. The Bertz CT molecular complexity index is 925. The van der Waals surface area contributed by atoms with Gasteiger partial charge in [0.25, 0.3) is 5.91 Å². The van der Waals surface area contributed by atoms with Gasteiger partial charge in [0.15, 0.2) is 0 Å². The highest BCUT2D eigenvalue weighted by Gasteiger charge is 2.18. The molecule has 0 radical (unpaired) electrons. The van der Waals surface area contributed by atoms with Crippen LogP contribution in [0.4, 0.5) is 0 Å². The van der Waals surface area contributed by atoms with Crippen molar-refractivity contribution in [2.45, 2.75) is 19.9 Å². The maximum atomic E-state index is 12.9. The number of hydrogen-bond acceptors (Lipinski definition) is 2. The fourth-order valence-corrected chi connectivity index (χ4v) is 3.22. The van der Waals surface area contributed by atoms with Gasteiger partial charge in [-0.05, 0) is 43.2 Å². The first-order valence-electron chi connectivity index (χ1n) is 8.93. The van der Waals surface area contributed by atoms with Gasteiger partial charge in [0.05, 0.1) is 17.7 Å². The predicted octanol–water partition coefficient (Wildman–Crippen LogP) is 5.57. The third kappa shape index (κ3) is 4.69. The van der Waals surface area contributed by atoms with Gasteiger partial charge in [-0.3, -0.25) is 4.79 Å². The normalized spacial score (nSPS) is 11.7. The Morgan fingerprint density at radius 1 is 1.00 bits per heavy atom. The van der Waals surface area contributed by atoms with Crippen molar-refractivity contribution in [1.82, 2.24) is 5.32 Å². The minimum Gasteiger partial charge on any atom is -0.492 e. The Balaban J connectivity index is 1.90. The minimum absolute atomic E-state index is 0.185. The number of carbonyl (C=O) groups is 1. The van der Waals surface area contributed by atoms with Gasteiger partial charge in [-0.1, -0.05) is 71.8 Å². The number of nitrogens with one attached hydrogen (secondary N) is 1. The van der Waals surface area contributed by atoms with E-state index in [0.717, 1.165) is 16.7 Å². The zero-order valence-corrected chi connectivity index (χ0v) is 16.2. The van der Waals surface area contributed by atoms with Crippen LogP contribution in [0, 0.1) is 6.92 Å². The Labute approximate surface area is 164 Å². The lowest BCUT2D eigenvalue weighted by Crippen LogP contribution is -2.29. The number of benzene rings is 3. The van der Waals surface area contributed by atoms with Crippen LogP contribution in [0.25, 0.3) is 0 Å². The molecular formula is C23H22ClNO2. The summed E-state index contributed by atoms with van der Waals surface area (Å²) in [6.07, 6.45) is 0. The topological polar surface area (TPSA) is 38.3 Å². The van der Waals surface area contributed by atoms with Crippen LogP contribution < -0.4 is 10.1 Å². The summed E-state index contributed by atoms with van der Waals surface area (Å²) >= 11 is 6.24. The van der Waals surface area contributed by atoms with Crippen molar-refractivity contribution >= 4 is 17.5 Å². The quantitative estimate of drug-likeness (QED) is 0.608. The molecule has 0 spiro atoms. The molecule has 0 bridgehead atoms. The maximum absolute atomic E-state index is 12.9. The molecule has 0 heterocycles. The van der Waals surface area contributed by atoms with Crippen LogP contribution in [0.1, 0.15) is 40.0 Å². The number of halogens is 1. The molecule has 0 aliphatic carbocycles. The van der Waals surface area contributed by atoms with Gasteiger partial charge >= 0.3 is 0 Å². The summed E-state index contributed by atoms with van der Waals surface area (Å²) in [5, 5.41) is 3.56. The van der Waals surface area contributed by atoms with Crippen LogP contribution in [0.2, 0.25) is 5.02 Å². The van der Waals surface area contributed by atoms with Crippen LogP contribution in [0.15, 0.2) is 72.8 Å². The minimum atomic E-state index is -0.246. The van der Waals surface area contributed by atoms with E-state index in [1.807, 2.05) is 62.4 Å². The van der Waals surface area contributed by atoms with E-state index in [2.05, 4.69) is 11.4 Å². The summed E-state index contributed by atoms with van der Waals surface area (Å²) < 4.78 is 5.44. The molecule has 0 aliphatic heterocycles. The molecular weight excluding hydrogens is 358 g/mol. The first-order chi connectivity index (χ1) is 13.1. The number of rotatable bonds is 6. The number of carbonyl (C=O) groups excluding carboxylic acids is 1. The SMILES string of the molecule is CCOc1ccc(C(=O)N[C@@H](c2ccccc2)c2cccc(C)c2)cc1Cl. The van der Waals surface area contributed by atoms with Crippen LogP contribution in [0.3, 0.4) is 0 Å². The van der Waals surface area contributed by atoms with Gasteiger partial charge in [-0.25, -0.2) is 0 Å². The fourth-order valence-electron chi connectivity index (χ4n) is 2.98. The first-order valence-corrected chi connectivity index (χ1v) is 9.31. The summed E-state index contributed by atoms with van der Waals surface area (Å²) in [5.74, 6) is 0.393. The Kier molecular flexibility index (Phi) is 6.15. The van der Waals surface area contributed by atoms with E-state index in [1.54, 1.807) is 18.2 Å². The van der Waals surface area contributed by atoms with Crippen molar-refractivity contribution in [3.8, 4) is 5.75 Å². The zero-order chi connectivity index (χ0) is 19.2. The molecule has 3 aromatic carbocycles. The first kappa shape index (κ1) is 19.0. The monoisotopic (exact) mass is 379 g/mol. The molecule has 3 aromatic rings. The molecule has 0 aliphatic rings. The highest BCUT2D eigenvalue weighted by Crippen LogP contribution is 2.27. The van der Waals surface area contributed by atoms with Gasteiger partial charge < -0.3 is 10.1 Å². The van der Waals surface area contributed by atoms with Gasteiger partial charge in [-0.15, -0.1) is 0 Å². The summed E-state index contributed by atoms with van der Waals surface area (Å²) in [4.78, 5) is 12.9. The molecule has 3 nitrogen and oxygen atoms in total. The lowest BCUT2D eigenvalue weighted by molar-refractivity contribution is 0.0943. The van der Waals surface area contributed by atoms with E-state index in [-0.39, 0.29) is 11.9 Å². The lowest BCUT2D eigenvalue weighted by atomic mass is 9.97. The molecule has 3 rings (SSSR count). The standard InChI is InChI=1S/C23H22ClNO2/c1-3-27-21-13-12-19(15-20(21)24)23(26)25-22(17-9-5-4-6-10-17)18-11-7-8-16(2)14-18/h4-15,22H,3H2,1-2H3,(H,25,26)/t22-/m0/s1. The highest BCUT2D eigenvalue weighted by molar-refractivity contribution is 6.32. The Morgan fingerprint density at radius 2 is 1.74 bits per heavy atom. The molecule has 27 heavy (non-hydrogen) atoms. The van der Waals surface area contributed by atoms with Crippen molar-refractivity contribution in [1.29, 1.82) is 0 Å². The van der Waals surface area contributed by atoms with Crippen LogP contribution in [-0.2, 0) is 0 Å². The van der Waals surface area contributed by atoms with Crippen LogP contribution >= 0.6 is 11.6 Å². The second kappa shape index (κ2) is 8.74. The highest BCUT2D eigenvalue weighted by atomic mass is 35.5. The van der Waals surface area contributed by atoms with E-state index < -0.39 is 0 Å². The van der Waals surface area contributed by atoms with Crippen molar-refractivity contribution in [2.24, 2.45) is 0 Å². The Morgan fingerprint density at radius 3 is 2.41 bits per heavy atom. The number of amides is 1. The lowest BCUT2D eigenvalue weighted by Gasteiger charge is -2.20.